The molecule has 4 fully saturated rings. The van der Waals surface area contributed by atoms with Gasteiger partial charge in [0.05, 0.1) is 0 Å². The van der Waals surface area contributed by atoms with Gasteiger partial charge < -0.3 is 9.73 Å². The quantitative estimate of drug-likeness (QED) is 0.866. The molecule has 4 aliphatic carbocycles. The maximum Gasteiger partial charge on any atom is 0.287 e. The predicted octanol–water partition coefficient (Wildman–Crippen LogP) is 4.75. The van der Waals surface area contributed by atoms with Gasteiger partial charge in [0.2, 0.25) is 0 Å². The van der Waals surface area contributed by atoms with Crippen LogP contribution in [0.25, 0.3) is 11.0 Å². The molecule has 3 heteroatoms. The lowest BCUT2D eigenvalue weighted by Crippen LogP contribution is -2.59. The minimum Gasteiger partial charge on any atom is -0.451 e. The highest BCUT2D eigenvalue weighted by atomic mass is 16.3. The maximum absolute atomic E-state index is 12.9. The average molecular weight is 323 g/mol. The molecule has 1 heterocycles. The molecule has 1 amide bonds. The molecule has 1 aromatic heterocycles. The van der Waals surface area contributed by atoms with Crippen LogP contribution in [0.4, 0.5) is 0 Å². The zero-order valence-corrected chi connectivity index (χ0v) is 14.5. The van der Waals surface area contributed by atoms with Crippen molar-refractivity contribution in [3.8, 4) is 0 Å². The third kappa shape index (κ3) is 2.21. The molecule has 0 aliphatic heterocycles. The van der Waals surface area contributed by atoms with Crippen LogP contribution in [0.15, 0.2) is 22.6 Å². The van der Waals surface area contributed by atoms with E-state index < -0.39 is 0 Å². The molecule has 0 spiro atoms. The van der Waals surface area contributed by atoms with Crippen LogP contribution < -0.4 is 5.32 Å². The SMILES string of the molecule is Cc1cc(C)c2cc(C(=O)NC34CC5CC(CC(C5)C3)C4)oc2c1. The Labute approximate surface area is 142 Å². The van der Waals surface area contributed by atoms with Crippen LogP contribution in [0.2, 0.25) is 0 Å². The third-order valence-electron chi connectivity index (χ3n) is 6.63. The fraction of sp³-hybridized carbons (Fsp3) is 0.571. The molecular formula is C21H25NO2. The second-order valence-corrected chi connectivity index (χ2v) is 8.76. The van der Waals surface area contributed by atoms with Crippen molar-refractivity contribution in [1.29, 1.82) is 0 Å². The number of furan rings is 1. The summed E-state index contributed by atoms with van der Waals surface area (Å²) in [6.07, 6.45) is 7.67. The van der Waals surface area contributed by atoms with Crippen LogP contribution in [-0.4, -0.2) is 11.4 Å². The summed E-state index contributed by atoms with van der Waals surface area (Å²) in [7, 11) is 0. The fourth-order valence-electron chi connectivity index (χ4n) is 6.17. The molecule has 0 radical (unpaired) electrons. The van der Waals surface area contributed by atoms with Crippen molar-refractivity contribution in [2.45, 2.75) is 57.9 Å². The van der Waals surface area contributed by atoms with E-state index in [2.05, 4.69) is 25.2 Å². The molecular weight excluding hydrogens is 298 g/mol. The lowest BCUT2D eigenvalue weighted by molar-refractivity contribution is -0.0171. The van der Waals surface area contributed by atoms with E-state index in [1.807, 2.05) is 12.1 Å². The highest BCUT2D eigenvalue weighted by Gasteiger charge is 2.51. The molecule has 24 heavy (non-hydrogen) atoms. The smallest absolute Gasteiger partial charge is 0.287 e. The van der Waals surface area contributed by atoms with Gasteiger partial charge in [-0.05, 0) is 93.4 Å². The van der Waals surface area contributed by atoms with Gasteiger partial charge in [-0.15, -0.1) is 0 Å². The number of hydrogen-bond acceptors (Lipinski definition) is 2. The Morgan fingerprint density at radius 2 is 1.67 bits per heavy atom. The standard InChI is InChI=1S/C21H25NO2/c1-12-3-13(2)17-8-19(24-18(17)4-12)20(23)22-21-9-14-5-15(10-21)7-16(6-14)11-21/h3-4,8,14-16H,5-7,9-11H2,1-2H3,(H,22,23). The first-order valence-corrected chi connectivity index (χ1v) is 9.33. The average Bonchev–Trinajstić information content (AvgIpc) is 2.89. The summed E-state index contributed by atoms with van der Waals surface area (Å²) in [5, 5.41) is 4.46. The molecule has 0 atom stereocenters. The normalized spacial score (nSPS) is 34.0. The lowest BCUT2D eigenvalue weighted by Gasteiger charge is -2.56. The van der Waals surface area contributed by atoms with Crippen molar-refractivity contribution >= 4 is 16.9 Å². The molecule has 0 unspecified atom stereocenters. The molecule has 3 nitrogen and oxygen atoms in total. The molecule has 1 aromatic carbocycles. The van der Waals surface area contributed by atoms with Crippen LogP contribution in [0, 0.1) is 31.6 Å². The third-order valence-corrected chi connectivity index (χ3v) is 6.63. The number of aryl methyl sites for hydroxylation is 2. The van der Waals surface area contributed by atoms with E-state index in [0.717, 1.165) is 28.7 Å². The van der Waals surface area contributed by atoms with Crippen molar-refractivity contribution < 1.29 is 9.21 Å². The van der Waals surface area contributed by atoms with Crippen molar-refractivity contribution in [3.05, 3.63) is 35.1 Å². The number of carbonyl (C=O) groups excluding carboxylic acids is 1. The monoisotopic (exact) mass is 323 g/mol. The van der Waals surface area contributed by atoms with Crippen LogP contribution in [0.3, 0.4) is 0 Å². The van der Waals surface area contributed by atoms with Gasteiger partial charge in [0.1, 0.15) is 5.58 Å². The van der Waals surface area contributed by atoms with Crippen molar-refractivity contribution in [2.75, 3.05) is 0 Å². The number of rotatable bonds is 2. The highest BCUT2D eigenvalue weighted by Crippen LogP contribution is 2.55. The Balaban J connectivity index is 1.44. The van der Waals surface area contributed by atoms with Crippen LogP contribution in [-0.2, 0) is 0 Å². The molecule has 126 valence electrons. The largest absolute Gasteiger partial charge is 0.451 e. The van der Waals surface area contributed by atoms with E-state index in [4.69, 9.17) is 4.42 Å². The zero-order valence-electron chi connectivity index (χ0n) is 14.5. The number of hydrogen-bond donors (Lipinski definition) is 1. The topological polar surface area (TPSA) is 42.2 Å². The Hall–Kier alpha value is -1.77. The van der Waals surface area contributed by atoms with E-state index in [9.17, 15) is 4.79 Å². The van der Waals surface area contributed by atoms with Crippen LogP contribution >= 0.6 is 0 Å². The van der Waals surface area contributed by atoms with Gasteiger partial charge in [0.15, 0.2) is 5.76 Å². The zero-order chi connectivity index (χ0) is 16.5. The fourth-order valence-corrected chi connectivity index (χ4v) is 6.17. The number of fused-ring (bicyclic) bond motifs is 1. The number of nitrogens with one attached hydrogen (secondary N) is 1. The predicted molar refractivity (Wildman–Crippen MR) is 94.1 cm³/mol. The minimum absolute atomic E-state index is 0.0230. The van der Waals surface area contributed by atoms with Crippen molar-refractivity contribution in [1.82, 2.24) is 5.32 Å². The van der Waals surface area contributed by atoms with E-state index in [-0.39, 0.29) is 11.4 Å². The van der Waals surface area contributed by atoms with Crippen LogP contribution in [0.5, 0.6) is 0 Å². The second kappa shape index (κ2) is 4.87. The first-order chi connectivity index (χ1) is 11.5. The van der Waals surface area contributed by atoms with Gasteiger partial charge in [0.25, 0.3) is 5.91 Å². The molecule has 0 saturated heterocycles. The molecule has 4 aliphatic rings. The summed E-state index contributed by atoms with van der Waals surface area (Å²) in [5.74, 6) is 2.94. The highest BCUT2D eigenvalue weighted by molar-refractivity contribution is 5.97. The summed E-state index contributed by atoms with van der Waals surface area (Å²) in [6.45, 7) is 4.13. The summed E-state index contributed by atoms with van der Waals surface area (Å²) < 4.78 is 5.89. The van der Waals surface area contributed by atoms with E-state index >= 15 is 0 Å². The van der Waals surface area contributed by atoms with Crippen molar-refractivity contribution in [2.24, 2.45) is 17.8 Å². The van der Waals surface area contributed by atoms with Gasteiger partial charge in [-0.25, -0.2) is 0 Å². The molecule has 4 bridgehead atoms. The summed E-state index contributed by atoms with van der Waals surface area (Å²) in [4.78, 5) is 12.9. The summed E-state index contributed by atoms with van der Waals surface area (Å²) >= 11 is 0. The Morgan fingerprint density at radius 3 is 2.29 bits per heavy atom. The Kier molecular flexibility index (Phi) is 2.96. The van der Waals surface area contributed by atoms with Gasteiger partial charge >= 0.3 is 0 Å². The summed E-state index contributed by atoms with van der Waals surface area (Å²) in [5.41, 5.74) is 3.20. The lowest BCUT2D eigenvalue weighted by atomic mass is 9.53. The van der Waals surface area contributed by atoms with Gasteiger partial charge in [0, 0.05) is 10.9 Å². The molecule has 6 rings (SSSR count). The van der Waals surface area contributed by atoms with E-state index in [1.54, 1.807) is 0 Å². The number of benzene rings is 1. The second-order valence-electron chi connectivity index (χ2n) is 8.76. The molecule has 4 saturated carbocycles. The molecule has 1 N–H and O–H groups in total. The number of amides is 1. The summed E-state index contributed by atoms with van der Waals surface area (Å²) in [6, 6.07) is 6.07. The van der Waals surface area contributed by atoms with Gasteiger partial charge in [-0.1, -0.05) is 6.07 Å². The number of carbonyl (C=O) groups is 1. The van der Waals surface area contributed by atoms with Gasteiger partial charge in [-0.2, -0.15) is 0 Å². The van der Waals surface area contributed by atoms with Gasteiger partial charge in [-0.3, -0.25) is 4.79 Å². The van der Waals surface area contributed by atoms with E-state index in [1.165, 1.54) is 49.7 Å². The minimum atomic E-state index is -0.0230. The first kappa shape index (κ1) is 14.6. The van der Waals surface area contributed by atoms with Crippen LogP contribution in [0.1, 0.15) is 60.2 Å². The van der Waals surface area contributed by atoms with E-state index in [0.29, 0.717) is 5.76 Å². The molecule has 2 aromatic rings. The Morgan fingerprint density at radius 1 is 1.04 bits per heavy atom. The Bertz CT molecular complexity index is 796. The first-order valence-electron chi connectivity index (χ1n) is 9.33. The maximum atomic E-state index is 12.9. The van der Waals surface area contributed by atoms with Crippen molar-refractivity contribution in [3.63, 3.8) is 0 Å².